The summed E-state index contributed by atoms with van der Waals surface area (Å²) < 4.78 is 6.44. The summed E-state index contributed by atoms with van der Waals surface area (Å²) in [4.78, 5) is 7.20. The van der Waals surface area contributed by atoms with Crippen molar-refractivity contribution in [1.29, 1.82) is 0 Å². The molecule has 47 heavy (non-hydrogen) atoms. The van der Waals surface area contributed by atoms with E-state index < -0.39 is 0 Å². The van der Waals surface area contributed by atoms with Crippen molar-refractivity contribution < 1.29 is 4.42 Å². The molecule has 1 heterocycles. The van der Waals surface area contributed by atoms with E-state index >= 15 is 0 Å². The molecule has 7 aromatic carbocycles. The van der Waals surface area contributed by atoms with Gasteiger partial charge in [-0.2, -0.15) is 0 Å². The lowest BCUT2D eigenvalue weighted by molar-refractivity contribution is 0.623. The maximum absolute atomic E-state index is 6.44. The van der Waals surface area contributed by atoms with Crippen LogP contribution < -0.4 is 4.90 Å². The molecule has 0 unspecified atom stereocenters. The summed E-state index contributed by atoms with van der Waals surface area (Å²) in [7, 11) is 0. The summed E-state index contributed by atoms with van der Waals surface area (Å²) in [6.45, 7) is 4.70. The van der Waals surface area contributed by atoms with Crippen LogP contribution in [0.15, 0.2) is 162 Å². The van der Waals surface area contributed by atoms with Crippen LogP contribution in [0.1, 0.15) is 25.0 Å². The fraction of sp³-hybridized carbons (Fsp3) is 0.0682. The van der Waals surface area contributed by atoms with Crippen molar-refractivity contribution in [2.24, 2.45) is 0 Å². The summed E-state index contributed by atoms with van der Waals surface area (Å²) in [5, 5.41) is 2.31. The fourth-order valence-corrected chi connectivity index (χ4v) is 7.41. The maximum Gasteiger partial charge on any atom is 0.227 e. The van der Waals surface area contributed by atoms with E-state index in [4.69, 9.17) is 9.40 Å². The minimum Gasteiger partial charge on any atom is -0.435 e. The first-order valence-electron chi connectivity index (χ1n) is 16.1. The van der Waals surface area contributed by atoms with Crippen LogP contribution in [0.2, 0.25) is 0 Å². The molecule has 0 amide bonds. The number of oxazole rings is 1. The summed E-state index contributed by atoms with van der Waals surface area (Å²) >= 11 is 0. The Morgan fingerprint density at radius 2 is 1.09 bits per heavy atom. The molecule has 0 radical (unpaired) electrons. The van der Waals surface area contributed by atoms with Crippen molar-refractivity contribution in [3.05, 3.63) is 169 Å². The van der Waals surface area contributed by atoms with Crippen molar-refractivity contribution in [3.63, 3.8) is 0 Å². The van der Waals surface area contributed by atoms with Crippen molar-refractivity contribution in [2.75, 3.05) is 4.90 Å². The Bertz CT molecular complexity index is 2410. The Labute approximate surface area is 274 Å². The Balaban J connectivity index is 1.16. The van der Waals surface area contributed by atoms with E-state index in [1.54, 1.807) is 0 Å². The van der Waals surface area contributed by atoms with Gasteiger partial charge in [0.05, 0.1) is 0 Å². The lowest BCUT2D eigenvalue weighted by atomic mass is 9.80. The highest BCUT2D eigenvalue weighted by molar-refractivity contribution is 6.08. The highest BCUT2D eigenvalue weighted by atomic mass is 16.3. The number of benzene rings is 7. The molecule has 8 aromatic rings. The predicted molar refractivity (Wildman–Crippen MR) is 195 cm³/mol. The number of aromatic nitrogens is 1. The third-order valence-corrected chi connectivity index (χ3v) is 9.67. The Kier molecular flexibility index (Phi) is 6.16. The molecule has 224 valence electrons. The van der Waals surface area contributed by atoms with Crippen LogP contribution >= 0.6 is 0 Å². The van der Waals surface area contributed by atoms with Gasteiger partial charge < -0.3 is 9.32 Å². The zero-order valence-corrected chi connectivity index (χ0v) is 26.3. The Morgan fingerprint density at radius 3 is 1.81 bits per heavy atom. The van der Waals surface area contributed by atoms with Gasteiger partial charge in [0.1, 0.15) is 5.52 Å². The van der Waals surface area contributed by atoms with Gasteiger partial charge in [-0.3, -0.25) is 0 Å². The second kappa shape index (κ2) is 10.6. The molecule has 0 bridgehead atoms. The van der Waals surface area contributed by atoms with E-state index in [1.807, 2.05) is 30.3 Å². The number of nitrogens with zero attached hydrogens (tertiary/aromatic N) is 2. The van der Waals surface area contributed by atoms with E-state index in [-0.39, 0.29) is 5.41 Å². The van der Waals surface area contributed by atoms with Gasteiger partial charge in [-0.15, -0.1) is 0 Å². The number of anilines is 3. The molecule has 1 aliphatic rings. The zero-order valence-electron chi connectivity index (χ0n) is 26.3. The predicted octanol–water partition coefficient (Wildman–Crippen LogP) is 12.1. The van der Waals surface area contributed by atoms with Crippen LogP contribution in [-0.2, 0) is 5.41 Å². The van der Waals surface area contributed by atoms with E-state index in [2.05, 4.69) is 146 Å². The summed E-state index contributed by atoms with van der Waals surface area (Å²) in [6, 6.07) is 56.0. The van der Waals surface area contributed by atoms with Crippen molar-refractivity contribution in [1.82, 2.24) is 4.98 Å². The third kappa shape index (κ3) is 4.39. The summed E-state index contributed by atoms with van der Waals surface area (Å²) in [6.07, 6.45) is 0. The normalized spacial score (nSPS) is 13.1. The van der Waals surface area contributed by atoms with Gasteiger partial charge in [0.2, 0.25) is 5.89 Å². The second-order valence-electron chi connectivity index (χ2n) is 12.8. The zero-order chi connectivity index (χ0) is 31.5. The van der Waals surface area contributed by atoms with E-state index in [1.165, 1.54) is 38.8 Å². The van der Waals surface area contributed by atoms with E-state index in [0.29, 0.717) is 5.89 Å². The van der Waals surface area contributed by atoms with Gasteiger partial charge in [-0.1, -0.05) is 111 Å². The maximum atomic E-state index is 6.44. The van der Waals surface area contributed by atoms with Crippen molar-refractivity contribution >= 4 is 38.9 Å². The van der Waals surface area contributed by atoms with Crippen LogP contribution in [0.3, 0.4) is 0 Å². The molecule has 3 nitrogen and oxygen atoms in total. The lowest BCUT2D eigenvalue weighted by Gasteiger charge is -2.28. The van der Waals surface area contributed by atoms with Crippen LogP contribution in [-0.4, -0.2) is 4.98 Å². The van der Waals surface area contributed by atoms with Gasteiger partial charge in [0.25, 0.3) is 0 Å². The molecular weight excluding hydrogens is 572 g/mol. The molecular formula is C44H32N2O. The average Bonchev–Trinajstić information content (AvgIpc) is 3.67. The fourth-order valence-electron chi connectivity index (χ4n) is 7.41. The van der Waals surface area contributed by atoms with E-state index in [0.717, 1.165) is 39.1 Å². The summed E-state index contributed by atoms with van der Waals surface area (Å²) in [5.74, 6) is 0.651. The molecule has 9 rings (SSSR count). The average molecular weight is 605 g/mol. The largest absolute Gasteiger partial charge is 0.435 e. The van der Waals surface area contributed by atoms with E-state index in [9.17, 15) is 0 Å². The first-order chi connectivity index (χ1) is 23.1. The topological polar surface area (TPSA) is 29.3 Å². The third-order valence-electron chi connectivity index (χ3n) is 9.67. The minimum absolute atomic E-state index is 0.227. The van der Waals surface area contributed by atoms with Crippen LogP contribution in [0.4, 0.5) is 17.1 Å². The van der Waals surface area contributed by atoms with Gasteiger partial charge >= 0.3 is 0 Å². The number of para-hydroxylation sites is 1. The first kappa shape index (κ1) is 27.4. The molecule has 0 saturated carbocycles. The van der Waals surface area contributed by atoms with Crippen LogP contribution in [0, 0.1) is 0 Å². The molecule has 0 aliphatic heterocycles. The molecule has 0 saturated heterocycles. The first-order valence-corrected chi connectivity index (χ1v) is 16.1. The second-order valence-corrected chi connectivity index (χ2v) is 12.8. The highest BCUT2D eigenvalue weighted by Gasteiger charge is 2.38. The summed E-state index contributed by atoms with van der Waals surface area (Å²) in [5.41, 5.74) is 13.5. The minimum atomic E-state index is -0.227. The SMILES string of the molecule is CC1(C)c2cc(N(c3ccccc3)c3ccc(-c4ccccc4)cc3)ccc2-c2ccc3c(ccc4nc(-c5ccccc5)oc43)c21. The van der Waals surface area contributed by atoms with Gasteiger partial charge in [0, 0.05) is 33.4 Å². The molecule has 0 N–H and O–H groups in total. The van der Waals surface area contributed by atoms with Gasteiger partial charge in [0.15, 0.2) is 5.58 Å². The molecule has 1 aromatic heterocycles. The van der Waals surface area contributed by atoms with Crippen molar-refractivity contribution in [2.45, 2.75) is 19.3 Å². The number of hydrogen-bond acceptors (Lipinski definition) is 3. The standard InChI is InChI=1S/C44H32N2O/c1-44(2)39-28-34(46(32-16-10-5-11-17-32)33-20-18-30(19-21-33)29-12-6-3-7-13-29)22-23-35(39)36-24-25-38-37(41(36)44)26-27-40-42(38)47-43(45-40)31-14-8-4-9-15-31/h3-28H,1-2H3. The quantitative estimate of drug-likeness (QED) is 0.196. The molecule has 0 fully saturated rings. The van der Waals surface area contributed by atoms with Crippen molar-refractivity contribution in [3.8, 4) is 33.7 Å². The number of rotatable bonds is 5. The Hall–Kier alpha value is -5.93. The smallest absolute Gasteiger partial charge is 0.227 e. The van der Waals surface area contributed by atoms with Gasteiger partial charge in [-0.25, -0.2) is 4.98 Å². The molecule has 0 atom stereocenters. The molecule has 1 aliphatic carbocycles. The van der Waals surface area contributed by atoms with Crippen LogP contribution in [0.5, 0.6) is 0 Å². The van der Waals surface area contributed by atoms with Crippen LogP contribution in [0.25, 0.3) is 55.6 Å². The highest BCUT2D eigenvalue weighted by Crippen LogP contribution is 2.53. The number of fused-ring (bicyclic) bond motifs is 7. The molecule has 3 heteroatoms. The monoisotopic (exact) mass is 604 g/mol. The van der Waals surface area contributed by atoms with Gasteiger partial charge in [-0.05, 0) is 99.4 Å². The number of hydrogen-bond donors (Lipinski definition) is 0. The Morgan fingerprint density at radius 1 is 0.511 bits per heavy atom. The lowest BCUT2D eigenvalue weighted by Crippen LogP contribution is -2.17. The molecule has 0 spiro atoms.